The molecule has 0 aliphatic carbocycles. The van der Waals surface area contributed by atoms with E-state index in [1.165, 1.54) is 0 Å². The summed E-state index contributed by atoms with van der Waals surface area (Å²) in [6.45, 7) is 0. The topological polar surface area (TPSA) is 224 Å². The first kappa shape index (κ1) is 31.5. The molecule has 0 saturated carbocycles. The van der Waals surface area contributed by atoms with Crippen molar-refractivity contribution in [2.75, 3.05) is 0 Å². The molecule has 0 amide bonds. The van der Waals surface area contributed by atoms with Crippen molar-refractivity contribution in [1.82, 2.24) is 0 Å². The Morgan fingerprint density at radius 1 is 0.412 bits per heavy atom. The van der Waals surface area contributed by atoms with Gasteiger partial charge < -0.3 is 0 Å². The maximum atomic E-state index is 8.85. The van der Waals surface area contributed by atoms with Crippen LogP contribution in [0.5, 0.6) is 0 Å². The molecule has 0 bridgehead atoms. The van der Waals surface area contributed by atoms with Crippen molar-refractivity contribution >= 4 is 46.1 Å². The fraction of sp³-hybridized carbons (Fsp3) is 0. The summed E-state index contributed by atoms with van der Waals surface area (Å²) in [6.07, 6.45) is 0. The molecule has 12 nitrogen and oxygen atoms in total. The van der Waals surface area contributed by atoms with E-state index in [0.29, 0.717) is 0 Å². The van der Waals surface area contributed by atoms with Crippen LogP contribution in [0.1, 0.15) is 0 Å². The van der Waals surface area contributed by atoms with Gasteiger partial charge in [-0.05, 0) is 0 Å². The second-order valence-corrected chi connectivity index (χ2v) is 7.95. The van der Waals surface area contributed by atoms with Crippen LogP contribution < -0.4 is 0 Å². The Bertz CT molecular complexity index is 341. The van der Waals surface area contributed by atoms with Gasteiger partial charge in [0, 0.05) is 0 Å². The van der Waals surface area contributed by atoms with Crippen LogP contribution in [0.15, 0.2) is 0 Å². The van der Waals surface area contributed by atoms with Crippen molar-refractivity contribution in [2.24, 2.45) is 0 Å². The van der Waals surface area contributed by atoms with Crippen molar-refractivity contribution in [1.29, 1.82) is 0 Å². The summed E-state index contributed by atoms with van der Waals surface area (Å²) >= 11 is -16.6. The molecule has 0 aliphatic rings. The third-order valence-corrected chi connectivity index (χ3v) is 0. The monoisotopic (exact) mass is 544 g/mol. The Morgan fingerprint density at radius 2 is 0.412 bits per heavy atom. The van der Waals surface area contributed by atoms with Gasteiger partial charge in [0.1, 0.15) is 0 Å². The number of hydrogen-bond donors (Lipinski definition) is 6. The molecular weight excluding hydrogens is 528 g/mol. The van der Waals surface area contributed by atoms with Gasteiger partial charge in [0.15, 0.2) is 0 Å². The molecule has 104 valence electrons. The standard InChI is InChI=1S/2Mg.3Mo.6H2O.6O.4H/h;;;;;6*1H2;;;;;;;;;;/q;;3*+2;;;;;;;;;;;;;;;;/p-6. The van der Waals surface area contributed by atoms with Gasteiger partial charge in [0.2, 0.25) is 0 Å². The van der Waals surface area contributed by atoms with E-state index in [2.05, 4.69) is 0 Å². The predicted octanol–water partition coefficient (Wildman–Crippen LogP) is -5.89. The Hall–Kier alpha value is 2.16. The molecule has 0 unspecified atom stereocenters. The third kappa shape index (κ3) is 1020. The first-order chi connectivity index (χ1) is 6.00. The molecule has 0 fully saturated rings. The van der Waals surface area contributed by atoms with Gasteiger partial charge in [-0.25, -0.2) is 0 Å². The Morgan fingerprint density at radius 3 is 0.412 bits per heavy atom. The molecule has 0 radical (unpaired) electrons. The zero-order chi connectivity index (χ0) is 13.5. The van der Waals surface area contributed by atoms with Crippen molar-refractivity contribution in [3.63, 3.8) is 0 Å². The van der Waals surface area contributed by atoms with Crippen molar-refractivity contribution in [3.8, 4) is 0 Å². The molecule has 0 spiro atoms. The van der Waals surface area contributed by atoms with E-state index in [0.717, 1.165) is 0 Å². The Kier molecular flexibility index (Phi) is 24.4. The fourth-order valence-corrected chi connectivity index (χ4v) is 0. The average Bonchev–Trinajstić information content (AvgIpc) is 1.41. The SMILES string of the molecule is [MgH2].[MgH2].[O]=[Mo](=[O])([OH])[OH].[O]=[Mo](=[O])([OH])[OH].[O]=[Mo](=[O])([OH])[OH]. The quantitative estimate of drug-likeness (QED) is 0.159. The van der Waals surface area contributed by atoms with E-state index < -0.39 is 50.2 Å². The van der Waals surface area contributed by atoms with E-state index in [-0.39, 0.29) is 46.1 Å². The summed E-state index contributed by atoms with van der Waals surface area (Å²) in [4.78, 5) is 0. The van der Waals surface area contributed by atoms with Gasteiger partial charge in [-0.15, -0.1) is 0 Å². The molecular formula is H10Mg2Mo3O12. The maximum absolute atomic E-state index is 8.85. The minimum atomic E-state index is -5.52. The average molecular weight is 538 g/mol. The molecule has 0 atom stereocenters. The number of hydrogen-bond acceptors (Lipinski definition) is 6. The van der Waals surface area contributed by atoms with Crippen LogP contribution in [0.4, 0.5) is 0 Å². The summed E-state index contributed by atoms with van der Waals surface area (Å²) in [7, 11) is 0. The molecule has 0 aliphatic heterocycles. The van der Waals surface area contributed by atoms with Gasteiger partial charge in [-0.3, -0.25) is 0 Å². The molecule has 6 N–H and O–H groups in total. The normalized spacial score (nSPS) is 10.2. The second kappa shape index (κ2) is 13.2. The van der Waals surface area contributed by atoms with Gasteiger partial charge >= 0.3 is 139 Å². The first-order valence-electron chi connectivity index (χ1n) is 2.10. The van der Waals surface area contributed by atoms with Gasteiger partial charge in [-0.1, -0.05) is 0 Å². The van der Waals surface area contributed by atoms with Crippen LogP contribution in [-0.2, 0) is 70.6 Å². The molecule has 17 heteroatoms. The predicted molar refractivity (Wildman–Crippen MR) is 34.5 cm³/mol. The summed E-state index contributed by atoms with van der Waals surface area (Å²) in [6, 6.07) is 0. The first-order valence-corrected chi connectivity index (χ1v) is 12.4. The third-order valence-electron chi connectivity index (χ3n) is 0. The van der Waals surface area contributed by atoms with Crippen molar-refractivity contribution in [2.45, 2.75) is 0 Å². The van der Waals surface area contributed by atoms with E-state index in [1.807, 2.05) is 0 Å². The van der Waals surface area contributed by atoms with E-state index in [1.54, 1.807) is 0 Å². The molecule has 0 saturated heterocycles. The number of rotatable bonds is 0. The van der Waals surface area contributed by atoms with Gasteiger partial charge in [-0.2, -0.15) is 0 Å². The summed E-state index contributed by atoms with van der Waals surface area (Å²) in [5.74, 6) is 0. The van der Waals surface area contributed by atoms with E-state index in [9.17, 15) is 0 Å². The molecule has 0 heterocycles. The minimum absolute atomic E-state index is 0. The van der Waals surface area contributed by atoms with E-state index in [4.69, 9.17) is 42.9 Å². The molecule has 0 aromatic heterocycles. The summed E-state index contributed by atoms with van der Waals surface area (Å²) in [5.41, 5.74) is 0. The zero-order valence-electron chi connectivity index (χ0n) is 6.36. The Labute approximate surface area is 137 Å². The van der Waals surface area contributed by atoms with Crippen LogP contribution in [0.2, 0.25) is 0 Å². The molecule has 0 aromatic rings. The molecule has 0 aromatic carbocycles. The fourth-order valence-electron chi connectivity index (χ4n) is 0. The van der Waals surface area contributed by atoms with Crippen LogP contribution in [0, 0.1) is 0 Å². The van der Waals surface area contributed by atoms with Crippen molar-refractivity contribution in [3.05, 3.63) is 0 Å². The Balaban J connectivity index is -0.0000000400. The molecule has 17 heavy (non-hydrogen) atoms. The summed E-state index contributed by atoms with van der Waals surface area (Å²) < 4.78 is 96.0. The molecule has 0 rings (SSSR count). The van der Waals surface area contributed by atoms with Crippen molar-refractivity contribution < 1.29 is 93.2 Å². The summed E-state index contributed by atoms with van der Waals surface area (Å²) in [5, 5.41) is 0. The van der Waals surface area contributed by atoms with Crippen LogP contribution in [0.3, 0.4) is 0 Å². The van der Waals surface area contributed by atoms with E-state index >= 15 is 0 Å². The van der Waals surface area contributed by atoms with Crippen LogP contribution in [0.25, 0.3) is 0 Å². The van der Waals surface area contributed by atoms with Gasteiger partial charge in [0.25, 0.3) is 0 Å². The second-order valence-electron chi connectivity index (χ2n) is 1.34. The van der Waals surface area contributed by atoms with Crippen LogP contribution >= 0.6 is 0 Å². The van der Waals surface area contributed by atoms with Gasteiger partial charge in [0.05, 0.1) is 0 Å². The zero-order valence-corrected chi connectivity index (χ0v) is 12.4. The van der Waals surface area contributed by atoms with Crippen LogP contribution in [-0.4, -0.2) is 68.7 Å².